The fourth-order valence-corrected chi connectivity index (χ4v) is 5.37. The number of hydrogen-bond acceptors (Lipinski definition) is 5. The first-order valence-corrected chi connectivity index (χ1v) is 12.6. The van der Waals surface area contributed by atoms with E-state index in [0.717, 1.165) is 33.5 Å². The lowest BCUT2D eigenvalue weighted by atomic mass is 10.2. The summed E-state index contributed by atoms with van der Waals surface area (Å²) in [5.41, 5.74) is 4.03. The van der Waals surface area contributed by atoms with Gasteiger partial charge in [0.25, 0.3) is 0 Å². The number of halogens is 1. The molecule has 0 saturated carbocycles. The van der Waals surface area contributed by atoms with Gasteiger partial charge in [-0.1, -0.05) is 46.7 Å². The molecule has 164 valence electrons. The van der Waals surface area contributed by atoms with Gasteiger partial charge in [-0.15, -0.1) is 11.8 Å². The van der Waals surface area contributed by atoms with Crippen LogP contribution < -0.4 is 4.90 Å². The van der Waals surface area contributed by atoms with Gasteiger partial charge < -0.3 is 0 Å². The van der Waals surface area contributed by atoms with E-state index < -0.39 is 0 Å². The smallest absolute Gasteiger partial charge is 0.229 e. The molecule has 2 heterocycles. The number of pyridine rings is 1. The second-order valence-corrected chi connectivity index (χ2v) is 10.2. The summed E-state index contributed by atoms with van der Waals surface area (Å²) in [6.45, 7) is 4.50. The van der Waals surface area contributed by atoms with Crippen LogP contribution in [0.4, 0.5) is 5.13 Å². The van der Waals surface area contributed by atoms with Gasteiger partial charge in [0.15, 0.2) is 5.13 Å². The molecular formula is C25H24ClN3OS2. The molecule has 0 bridgehead atoms. The lowest BCUT2D eigenvalue weighted by Gasteiger charge is -2.20. The fourth-order valence-electron chi connectivity index (χ4n) is 3.32. The second-order valence-electron chi connectivity index (χ2n) is 7.62. The Morgan fingerprint density at radius 1 is 1.12 bits per heavy atom. The molecule has 0 fully saturated rings. The lowest BCUT2D eigenvalue weighted by molar-refractivity contribution is -0.118. The minimum absolute atomic E-state index is 0.0705. The van der Waals surface area contributed by atoms with Gasteiger partial charge in [-0.2, -0.15) is 0 Å². The van der Waals surface area contributed by atoms with E-state index in [2.05, 4.69) is 36.2 Å². The van der Waals surface area contributed by atoms with Crippen molar-refractivity contribution in [2.45, 2.75) is 38.1 Å². The molecule has 0 aliphatic carbocycles. The van der Waals surface area contributed by atoms with Crippen molar-refractivity contribution in [1.29, 1.82) is 0 Å². The number of benzene rings is 2. The Hall–Kier alpha value is -2.41. The number of fused-ring (bicyclic) bond motifs is 1. The molecule has 32 heavy (non-hydrogen) atoms. The molecule has 0 radical (unpaired) electrons. The van der Waals surface area contributed by atoms with Crippen molar-refractivity contribution in [1.82, 2.24) is 9.97 Å². The van der Waals surface area contributed by atoms with Crippen LogP contribution in [0.5, 0.6) is 0 Å². The van der Waals surface area contributed by atoms with E-state index in [1.165, 1.54) is 21.8 Å². The Kier molecular flexibility index (Phi) is 7.45. The fraction of sp³-hybridized carbons (Fsp3) is 0.240. The van der Waals surface area contributed by atoms with Crippen molar-refractivity contribution in [2.75, 3.05) is 10.7 Å². The summed E-state index contributed by atoms with van der Waals surface area (Å²) in [5, 5.41) is 1.39. The van der Waals surface area contributed by atoms with E-state index in [4.69, 9.17) is 16.6 Å². The maximum atomic E-state index is 13.3. The standard InChI is InChI=1S/C25H24ClN3OS2/c1-17-7-9-20(10-8-17)31-14-4-6-23(30)29(16-19-5-3-13-27-15-19)25-28-24-18(2)21(26)11-12-22(24)32-25/h3,5,7-13,15H,4,6,14,16H2,1-2H3. The van der Waals surface area contributed by atoms with Gasteiger partial charge in [0, 0.05) is 28.7 Å². The molecule has 0 unspecified atom stereocenters. The van der Waals surface area contributed by atoms with Crippen molar-refractivity contribution in [3.63, 3.8) is 0 Å². The van der Waals surface area contributed by atoms with Gasteiger partial charge in [-0.05, 0) is 67.5 Å². The highest BCUT2D eigenvalue weighted by atomic mass is 35.5. The Bertz CT molecular complexity index is 1210. The molecule has 7 heteroatoms. The number of aryl methyl sites for hydroxylation is 2. The maximum Gasteiger partial charge on any atom is 0.229 e. The van der Waals surface area contributed by atoms with Crippen molar-refractivity contribution >= 4 is 56.0 Å². The van der Waals surface area contributed by atoms with Crippen molar-refractivity contribution in [3.8, 4) is 0 Å². The number of hydrogen-bond donors (Lipinski definition) is 0. The van der Waals surface area contributed by atoms with Crippen LogP contribution in [0.2, 0.25) is 5.02 Å². The maximum absolute atomic E-state index is 13.3. The number of thioether (sulfide) groups is 1. The van der Waals surface area contributed by atoms with Gasteiger partial charge >= 0.3 is 0 Å². The van der Waals surface area contributed by atoms with E-state index in [0.29, 0.717) is 23.1 Å². The summed E-state index contributed by atoms with van der Waals surface area (Å²) >= 11 is 9.59. The number of nitrogens with zero attached hydrogens (tertiary/aromatic N) is 3. The molecule has 0 N–H and O–H groups in total. The predicted molar refractivity (Wildman–Crippen MR) is 136 cm³/mol. The van der Waals surface area contributed by atoms with Gasteiger partial charge in [-0.3, -0.25) is 14.7 Å². The predicted octanol–water partition coefficient (Wildman–Crippen LogP) is 7.07. The summed E-state index contributed by atoms with van der Waals surface area (Å²) in [5.74, 6) is 0.963. The zero-order valence-electron chi connectivity index (χ0n) is 18.0. The number of anilines is 1. The molecule has 4 aromatic rings. The SMILES string of the molecule is Cc1ccc(SCCCC(=O)N(Cc2cccnc2)c2nc3c(C)c(Cl)ccc3s2)cc1. The number of aromatic nitrogens is 2. The molecule has 1 amide bonds. The molecule has 0 spiro atoms. The Labute approximate surface area is 201 Å². The normalized spacial score (nSPS) is 11.1. The number of carbonyl (C=O) groups is 1. The third kappa shape index (κ3) is 5.49. The molecule has 2 aromatic carbocycles. The molecule has 0 saturated heterocycles. The number of thiazole rings is 1. The number of amides is 1. The largest absolute Gasteiger partial charge is 0.284 e. The Morgan fingerprint density at radius 3 is 2.69 bits per heavy atom. The zero-order valence-corrected chi connectivity index (χ0v) is 20.4. The highest BCUT2D eigenvalue weighted by Crippen LogP contribution is 2.34. The summed E-state index contributed by atoms with van der Waals surface area (Å²) in [7, 11) is 0. The first kappa shape index (κ1) is 22.8. The van der Waals surface area contributed by atoms with Crippen LogP contribution in [0.15, 0.2) is 65.8 Å². The third-order valence-electron chi connectivity index (χ3n) is 5.16. The summed E-state index contributed by atoms with van der Waals surface area (Å²) < 4.78 is 1.03. The molecule has 4 nitrogen and oxygen atoms in total. The van der Waals surface area contributed by atoms with Crippen LogP contribution in [0.1, 0.15) is 29.5 Å². The molecule has 4 rings (SSSR count). The third-order valence-corrected chi connectivity index (χ3v) is 7.71. The van der Waals surface area contributed by atoms with Crippen LogP contribution in [0, 0.1) is 13.8 Å². The lowest BCUT2D eigenvalue weighted by Crippen LogP contribution is -2.30. The number of carbonyl (C=O) groups excluding carboxylic acids is 1. The minimum Gasteiger partial charge on any atom is -0.284 e. The molecule has 0 aliphatic rings. The second kappa shape index (κ2) is 10.5. The van der Waals surface area contributed by atoms with Crippen molar-refractivity contribution < 1.29 is 4.79 Å². The highest BCUT2D eigenvalue weighted by molar-refractivity contribution is 7.99. The van der Waals surface area contributed by atoms with Crippen molar-refractivity contribution in [3.05, 3.63) is 82.6 Å². The van der Waals surface area contributed by atoms with Crippen LogP contribution in [-0.2, 0) is 11.3 Å². The van der Waals surface area contributed by atoms with E-state index in [1.54, 1.807) is 29.1 Å². The summed E-state index contributed by atoms with van der Waals surface area (Å²) in [6, 6.07) is 16.2. The topological polar surface area (TPSA) is 46.1 Å². The Balaban J connectivity index is 1.49. The molecule has 0 aliphatic heterocycles. The highest BCUT2D eigenvalue weighted by Gasteiger charge is 2.21. The van der Waals surface area contributed by atoms with E-state index in [-0.39, 0.29) is 5.91 Å². The average Bonchev–Trinajstić information content (AvgIpc) is 3.24. The molecule has 2 aromatic heterocycles. The van der Waals surface area contributed by atoms with Gasteiger partial charge in [0.1, 0.15) is 0 Å². The van der Waals surface area contributed by atoms with Crippen LogP contribution in [0.25, 0.3) is 10.2 Å². The van der Waals surface area contributed by atoms with Crippen LogP contribution in [0.3, 0.4) is 0 Å². The average molecular weight is 482 g/mol. The zero-order chi connectivity index (χ0) is 22.5. The first-order chi connectivity index (χ1) is 15.5. The number of rotatable bonds is 8. The van der Waals surface area contributed by atoms with Crippen molar-refractivity contribution in [2.24, 2.45) is 0 Å². The van der Waals surface area contributed by atoms with E-state index >= 15 is 0 Å². The van der Waals surface area contributed by atoms with Crippen LogP contribution in [-0.4, -0.2) is 21.6 Å². The van der Waals surface area contributed by atoms with Gasteiger partial charge in [-0.25, -0.2) is 4.98 Å². The quantitative estimate of drug-likeness (QED) is 0.199. The van der Waals surface area contributed by atoms with Gasteiger partial charge in [0.05, 0.1) is 16.8 Å². The monoisotopic (exact) mass is 481 g/mol. The Morgan fingerprint density at radius 2 is 1.94 bits per heavy atom. The van der Waals surface area contributed by atoms with E-state index in [1.807, 2.05) is 31.2 Å². The first-order valence-electron chi connectivity index (χ1n) is 10.5. The minimum atomic E-state index is 0.0705. The van der Waals surface area contributed by atoms with Gasteiger partial charge in [0.2, 0.25) is 5.91 Å². The molecule has 0 atom stereocenters. The summed E-state index contributed by atoms with van der Waals surface area (Å²) in [6.07, 6.45) is 4.80. The summed E-state index contributed by atoms with van der Waals surface area (Å²) in [4.78, 5) is 25.3. The molecular weight excluding hydrogens is 458 g/mol. The van der Waals surface area contributed by atoms with Crippen LogP contribution >= 0.6 is 34.7 Å². The van der Waals surface area contributed by atoms with E-state index in [9.17, 15) is 4.79 Å².